The van der Waals surface area contributed by atoms with Crippen LogP contribution in [0.2, 0.25) is 0 Å². The predicted molar refractivity (Wildman–Crippen MR) is 73.9 cm³/mol. The third-order valence-corrected chi connectivity index (χ3v) is 3.18. The molecule has 0 bridgehead atoms. The van der Waals surface area contributed by atoms with Crippen LogP contribution >= 0.6 is 0 Å². The van der Waals surface area contributed by atoms with Gasteiger partial charge in [0.25, 0.3) is 5.91 Å². The minimum absolute atomic E-state index is 0.176. The van der Waals surface area contributed by atoms with Crippen LogP contribution in [0, 0.1) is 6.92 Å². The number of hydrazine groups is 1. The van der Waals surface area contributed by atoms with Crippen molar-refractivity contribution in [2.24, 2.45) is 5.84 Å². The average Bonchev–Trinajstić information content (AvgIpc) is 3.06. The number of aromatic nitrogens is 2. The van der Waals surface area contributed by atoms with E-state index < -0.39 is 5.91 Å². The maximum Gasteiger partial charge on any atom is 0.287 e. The first kappa shape index (κ1) is 12.4. The smallest absolute Gasteiger partial charge is 0.287 e. The molecule has 1 amide bonds. The van der Waals surface area contributed by atoms with Gasteiger partial charge in [-0.05, 0) is 30.5 Å². The number of nitrogen functional groups attached to an aromatic ring is 1. The van der Waals surface area contributed by atoms with Gasteiger partial charge in [0.15, 0.2) is 11.5 Å². The molecule has 3 rings (SSSR count). The molecule has 6 nitrogen and oxygen atoms in total. The topological polar surface area (TPSA) is 86.1 Å². The first-order valence-electron chi connectivity index (χ1n) is 6.19. The lowest BCUT2D eigenvalue weighted by atomic mass is 10.2. The molecule has 0 radical (unpaired) electrons. The number of nitrogens with one attached hydrogen (secondary N) is 1. The highest BCUT2D eigenvalue weighted by Gasteiger charge is 2.12. The van der Waals surface area contributed by atoms with Crippen molar-refractivity contribution in [2.75, 3.05) is 0 Å². The molecule has 0 aliphatic rings. The van der Waals surface area contributed by atoms with Crippen molar-refractivity contribution in [2.45, 2.75) is 13.5 Å². The molecule has 2 heterocycles. The Kier molecular flexibility index (Phi) is 3.00. The quantitative estimate of drug-likeness (QED) is 0.430. The largest absolute Gasteiger partial charge is 0.359 e. The molecule has 0 atom stereocenters. The van der Waals surface area contributed by atoms with E-state index in [-0.39, 0.29) is 5.69 Å². The molecule has 6 heteroatoms. The minimum Gasteiger partial charge on any atom is -0.359 e. The van der Waals surface area contributed by atoms with Crippen LogP contribution in [-0.2, 0) is 6.54 Å². The van der Waals surface area contributed by atoms with Crippen LogP contribution in [0.4, 0.5) is 0 Å². The number of nitrogens with two attached hydrogens (primary N) is 1. The molecular weight excluding hydrogens is 256 g/mol. The molecular formula is C14H14N4O2. The van der Waals surface area contributed by atoms with E-state index in [4.69, 9.17) is 10.4 Å². The van der Waals surface area contributed by atoms with Crippen LogP contribution in [0.5, 0.6) is 0 Å². The fraction of sp³-hybridized carbons (Fsp3) is 0.143. The van der Waals surface area contributed by atoms with E-state index in [9.17, 15) is 4.79 Å². The summed E-state index contributed by atoms with van der Waals surface area (Å²) in [5.41, 5.74) is 4.52. The number of aryl methyl sites for hydroxylation is 1. The molecule has 0 spiro atoms. The van der Waals surface area contributed by atoms with Gasteiger partial charge in [-0.1, -0.05) is 16.8 Å². The highest BCUT2D eigenvalue weighted by atomic mass is 16.5. The highest BCUT2D eigenvalue weighted by Crippen LogP contribution is 2.19. The van der Waals surface area contributed by atoms with Crippen molar-refractivity contribution in [1.82, 2.24) is 15.1 Å². The van der Waals surface area contributed by atoms with Crippen LogP contribution in [0.25, 0.3) is 10.9 Å². The molecule has 0 unspecified atom stereocenters. The fourth-order valence-electron chi connectivity index (χ4n) is 2.19. The van der Waals surface area contributed by atoms with Crippen molar-refractivity contribution >= 4 is 16.8 Å². The van der Waals surface area contributed by atoms with E-state index >= 15 is 0 Å². The SMILES string of the molecule is Cc1ccc2c(ccn2Cc2cc(C(=O)NN)no2)c1. The summed E-state index contributed by atoms with van der Waals surface area (Å²) < 4.78 is 7.19. The number of hydrogen-bond donors (Lipinski definition) is 2. The van der Waals surface area contributed by atoms with Gasteiger partial charge in [-0.15, -0.1) is 0 Å². The zero-order chi connectivity index (χ0) is 14.1. The van der Waals surface area contributed by atoms with Crippen molar-refractivity contribution in [3.63, 3.8) is 0 Å². The van der Waals surface area contributed by atoms with E-state index in [0.29, 0.717) is 12.3 Å². The van der Waals surface area contributed by atoms with E-state index in [1.54, 1.807) is 6.07 Å². The standard InChI is InChI=1S/C14H14N4O2/c1-9-2-3-13-10(6-9)4-5-18(13)8-11-7-12(17-20-11)14(19)16-15/h2-7H,8,15H2,1H3,(H,16,19). The van der Waals surface area contributed by atoms with Gasteiger partial charge < -0.3 is 9.09 Å². The molecule has 0 aliphatic carbocycles. The maximum atomic E-state index is 11.3. The van der Waals surface area contributed by atoms with Gasteiger partial charge in [-0.2, -0.15) is 0 Å². The monoisotopic (exact) mass is 270 g/mol. The normalized spacial score (nSPS) is 10.9. The van der Waals surface area contributed by atoms with Crippen LogP contribution < -0.4 is 11.3 Å². The summed E-state index contributed by atoms with van der Waals surface area (Å²) >= 11 is 0. The lowest BCUT2D eigenvalue weighted by Crippen LogP contribution is -2.30. The molecule has 0 aliphatic heterocycles. The Morgan fingerprint density at radius 1 is 1.40 bits per heavy atom. The number of nitrogens with zero attached hydrogens (tertiary/aromatic N) is 2. The summed E-state index contributed by atoms with van der Waals surface area (Å²) in [5.74, 6) is 5.19. The number of rotatable bonds is 3. The third-order valence-electron chi connectivity index (χ3n) is 3.18. The van der Waals surface area contributed by atoms with Gasteiger partial charge >= 0.3 is 0 Å². The summed E-state index contributed by atoms with van der Waals surface area (Å²) in [5, 5.41) is 4.85. The van der Waals surface area contributed by atoms with Gasteiger partial charge in [0.05, 0.1) is 6.54 Å². The third kappa shape index (κ3) is 2.17. The molecule has 3 aromatic rings. The van der Waals surface area contributed by atoms with Crippen molar-refractivity contribution < 1.29 is 9.32 Å². The second kappa shape index (κ2) is 4.82. The zero-order valence-corrected chi connectivity index (χ0v) is 11.0. The van der Waals surface area contributed by atoms with Crippen LogP contribution in [0.1, 0.15) is 21.8 Å². The first-order chi connectivity index (χ1) is 9.67. The van der Waals surface area contributed by atoms with E-state index in [2.05, 4.69) is 30.3 Å². The van der Waals surface area contributed by atoms with Gasteiger partial charge in [-0.3, -0.25) is 10.2 Å². The summed E-state index contributed by atoms with van der Waals surface area (Å²) in [4.78, 5) is 11.3. The first-order valence-corrected chi connectivity index (χ1v) is 6.19. The van der Waals surface area contributed by atoms with Gasteiger partial charge in [0.2, 0.25) is 0 Å². The Balaban J connectivity index is 1.89. The number of carbonyl (C=O) groups excluding carboxylic acids is 1. The predicted octanol–water partition coefficient (Wildman–Crippen LogP) is 1.59. The summed E-state index contributed by atoms with van der Waals surface area (Å²) in [7, 11) is 0. The van der Waals surface area contributed by atoms with Gasteiger partial charge in [0.1, 0.15) is 0 Å². The molecule has 102 valence electrons. The Hall–Kier alpha value is -2.60. The number of carbonyl (C=O) groups is 1. The van der Waals surface area contributed by atoms with Crippen molar-refractivity contribution in [1.29, 1.82) is 0 Å². The fourth-order valence-corrected chi connectivity index (χ4v) is 2.19. The van der Waals surface area contributed by atoms with Gasteiger partial charge in [0, 0.05) is 17.8 Å². The second-order valence-electron chi connectivity index (χ2n) is 4.66. The van der Waals surface area contributed by atoms with Crippen molar-refractivity contribution in [3.05, 3.63) is 53.5 Å². The van der Waals surface area contributed by atoms with Crippen molar-refractivity contribution in [3.8, 4) is 0 Å². The lowest BCUT2D eigenvalue weighted by molar-refractivity contribution is 0.0944. The summed E-state index contributed by atoms with van der Waals surface area (Å²) in [6, 6.07) is 9.88. The Morgan fingerprint density at radius 2 is 2.25 bits per heavy atom. The summed E-state index contributed by atoms with van der Waals surface area (Å²) in [6.07, 6.45) is 1.98. The highest BCUT2D eigenvalue weighted by molar-refractivity contribution is 5.91. The number of hydrogen-bond acceptors (Lipinski definition) is 4. The molecule has 20 heavy (non-hydrogen) atoms. The van der Waals surface area contributed by atoms with E-state index in [1.165, 1.54) is 10.9 Å². The Labute approximate surface area is 115 Å². The Morgan fingerprint density at radius 3 is 3.05 bits per heavy atom. The van der Waals surface area contributed by atoms with Gasteiger partial charge in [-0.25, -0.2) is 5.84 Å². The minimum atomic E-state index is -0.465. The zero-order valence-electron chi connectivity index (χ0n) is 11.0. The van der Waals surface area contributed by atoms with Crippen LogP contribution in [-0.4, -0.2) is 15.6 Å². The molecule has 0 fully saturated rings. The lowest BCUT2D eigenvalue weighted by Gasteiger charge is -2.02. The molecule has 1 aromatic carbocycles. The summed E-state index contributed by atoms with van der Waals surface area (Å²) in [6.45, 7) is 2.57. The van der Waals surface area contributed by atoms with E-state index in [1.807, 2.05) is 22.3 Å². The average molecular weight is 270 g/mol. The molecule has 3 N–H and O–H groups in total. The second-order valence-corrected chi connectivity index (χ2v) is 4.66. The number of benzene rings is 1. The Bertz CT molecular complexity index is 772. The number of fused-ring (bicyclic) bond motifs is 1. The number of amides is 1. The van der Waals surface area contributed by atoms with Crippen LogP contribution in [0.3, 0.4) is 0 Å². The molecule has 2 aromatic heterocycles. The van der Waals surface area contributed by atoms with E-state index in [0.717, 1.165) is 5.52 Å². The maximum absolute atomic E-state index is 11.3. The van der Waals surface area contributed by atoms with Crippen LogP contribution in [0.15, 0.2) is 41.1 Å². The molecule has 0 saturated heterocycles. The molecule has 0 saturated carbocycles.